The van der Waals surface area contributed by atoms with Gasteiger partial charge in [0.15, 0.2) is 0 Å². The van der Waals surface area contributed by atoms with Crippen LogP contribution in [0.25, 0.3) is 12.2 Å². The Hall–Kier alpha value is -3.15. The first-order valence-electron chi connectivity index (χ1n) is 6.94. The first-order valence-corrected chi connectivity index (χ1v) is 6.94. The van der Waals surface area contributed by atoms with Crippen LogP contribution < -0.4 is 10.5 Å². The van der Waals surface area contributed by atoms with E-state index in [0.29, 0.717) is 17.2 Å². The molecule has 0 fully saturated rings. The van der Waals surface area contributed by atoms with Crippen molar-refractivity contribution in [1.29, 1.82) is 0 Å². The molecule has 0 saturated carbocycles. The van der Waals surface area contributed by atoms with E-state index in [4.69, 9.17) is 14.9 Å². The molecule has 0 atom stereocenters. The zero-order valence-corrected chi connectivity index (χ0v) is 12.1. The Balaban J connectivity index is 1.61. The van der Waals surface area contributed by atoms with E-state index in [1.807, 2.05) is 30.3 Å². The van der Waals surface area contributed by atoms with Crippen molar-refractivity contribution in [2.75, 3.05) is 5.73 Å². The van der Waals surface area contributed by atoms with Gasteiger partial charge >= 0.3 is 6.01 Å². The highest BCUT2D eigenvalue weighted by molar-refractivity contribution is 5.66. The molecular formula is C17H14FN3O2. The molecule has 2 N–H and O–H groups in total. The lowest BCUT2D eigenvalue weighted by molar-refractivity contribution is 0.300. The topological polar surface area (TPSA) is 74.2 Å². The van der Waals surface area contributed by atoms with Gasteiger partial charge in [-0.25, -0.2) is 4.39 Å². The van der Waals surface area contributed by atoms with E-state index in [0.717, 1.165) is 5.56 Å². The molecule has 0 aliphatic heterocycles. The summed E-state index contributed by atoms with van der Waals surface area (Å²) in [6, 6.07) is 13.9. The highest BCUT2D eigenvalue weighted by atomic mass is 19.1. The van der Waals surface area contributed by atoms with Crippen LogP contribution in [0.5, 0.6) is 5.75 Å². The van der Waals surface area contributed by atoms with Crippen molar-refractivity contribution in [3.8, 4) is 5.75 Å². The molecule has 3 rings (SSSR count). The van der Waals surface area contributed by atoms with Gasteiger partial charge in [0.25, 0.3) is 0 Å². The minimum Gasteiger partial charge on any atom is -0.489 e. The average molecular weight is 311 g/mol. The normalized spacial score (nSPS) is 11.0. The van der Waals surface area contributed by atoms with Crippen LogP contribution in [0.2, 0.25) is 0 Å². The molecule has 0 aliphatic carbocycles. The van der Waals surface area contributed by atoms with E-state index in [9.17, 15) is 4.39 Å². The third kappa shape index (κ3) is 3.94. The Morgan fingerprint density at radius 3 is 2.52 bits per heavy atom. The van der Waals surface area contributed by atoms with Gasteiger partial charge in [0, 0.05) is 11.6 Å². The van der Waals surface area contributed by atoms with Crippen molar-refractivity contribution in [2.24, 2.45) is 0 Å². The van der Waals surface area contributed by atoms with Crippen molar-refractivity contribution in [3.63, 3.8) is 0 Å². The van der Waals surface area contributed by atoms with Gasteiger partial charge in [0.2, 0.25) is 5.89 Å². The third-order valence-corrected chi connectivity index (χ3v) is 3.11. The van der Waals surface area contributed by atoms with Gasteiger partial charge in [-0.1, -0.05) is 35.4 Å². The lowest BCUT2D eigenvalue weighted by Crippen LogP contribution is -1.97. The van der Waals surface area contributed by atoms with E-state index in [-0.39, 0.29) is 18.4 Å². The largest absolute Gasteiger partial charge is 0.489 e. The van der Waals surface area contributed by atoms with Crippen LogP contribution in [0.15, 0.2) is 52.9 Å². The van der Waals surface area contributed by atoms with Gasteiger partial charge in [-0.05, 0) is 29.8 Å². The Morgan fingerprint density at radius 1 is 1.04 bits per heavy atom. The van der Waals surface area contributed by atoms with Gasteiger partial charge in [-0.3, -0.25) is 0 Å². The van der Waals surface area contributed by atoms with E-state index >= 15 is 0 Å². The third-order valence-electron chi connectivity index (χ3n) is 3.11. The maximum absolute atomic E-state index is 13.5. The van der Waals surface area contributed by atoms with Crippen LogP contribution in [0.4, 0.5) is 10.4 Å². The van der Waals surface area contributed by atoms with E-state index < -0.39 is 0 Å². The molecule has 0 unspecified atom stereocenters. The molecule has 0 aliphatic rings. The van der Waals surface area contributed by atoms with Crippen LogP contribution in [-0.4, -0.2) is 10.2 Å². The van der Waals surface area contributed by atoms with Crippen molar-refractivity contribution in [3.05, 3.63) is 71.4 Å². The van der Waals surface area contributed by atoms with E-state index in [2.05, 4.69) is 10.2 Å². The molecular weight excluding hydrogens is 297 g/mol. The number of halogens is 1. The predicted octanol–water partition coefficient (Wildman–Crippen LogP) is 3.54. The molecule has 2 aromatic carbocycles. The van der Waals surface area contributed by atoms with Gasteiger partial charge in [0.1, 0.15) is 18.2 Å². The number of nitrogen functional groups attached to an aromatic ring is 1. The molecule has 0 bridgehead atoms. The van der Waals surface area contributed by atoms with Crippen LogP contribution in [-0.2, 0) is 6.61 Å². The van der Waals surface area contributed by atoms with Gasteiger partial charge in [-0.2, -0.15) is 0 Å². The summed E-state index contributed by atoms with van der Waals surface area (Å²) in [5.41, 5.74) is 6.79. The Bertz CT molecular complexity index is 813. The standard InChI is InChI=1S/C17H14FN3O2/c18-15-4-2-1-3-13(15)11-22-14-8-5-12(6-9-14)7-10-16-20-21-17(19)23-16/h1-10H,11H2,(H2,19,21)/b10-7+. The molecule has 3 aromatic rings. The Labute approximate surface area is 132 Å². The van der Waals surface area contributed by atoms with Crippen molar-refractivity contribution in [1.82, 2.24) is 10.2 Å². The number of hydrogen-bond donors (Lipinski definition) is 1. The second kappa shape index (κ2) is 6.74. The fourth-order valence-corrected chi connectivity index (χ4v) is 1.93. The number of benzene rings is 2. The highest BCUT2D eigenvalue weighted by Gasteiger charge is 2.02. The molecule has 1 aromatic heterocycles. The first-order chi connectivity index (χ1) is 11.2. The number of aromatic nitrogens is 2. The predicted molar refractivity (Wildman–Crippen MR) is 84.8 cm³/mol. The van der Waals surface area contributed by atoms with Gasteiger partial charge in [0.05, 0.1) is 0 Å². The summed E-state index contributed by atoms with van der Waals surface area (Å²) in [5, 5.41) is 7.29. The summed E-state index contributed by atoms with van der Waals surface area (Å²) in [6.45, 7) is 0.184. The fourth-order valence-electron chi connectivity index (χ4n) is 1.93. The molecule has 0 amide bonds. The molecule has 116 valence electrons. The van der Waals surface area contributed by atoms with Crippen LogP contribution >= 0.6 is 0 Å². The summed E-state index contributed by atoms with van der Waals surface area (Å²) >= 11 is 0. The smallest absolute Gasteiger partial charge is 0.313 e. The summed E-state index contributed by atoms with van der Waals surface area (Å²) in [4.78, 5) is 0. The lowest BCUT2D eigenvalue weighted by Gasteiger charge is -2.07. The Morgan fingerprint density at radius 2 is 1.83 bits per heavy atom. The zero-order chi connectivity index (χ0) is 16.1. The zero-order valence-electron chi connectivity index (χ0n) is 12.1. The minimum absolute atomic E-state index is 0.0292. The highest BCUT2D eigenvalue weighted by Crippen LogP contribution is 2.17. The summed E-state index contributed by atoms with van der Waals surface area (Å²) in [7, 11) is 0. The van der Waals surface area contributed by atoms with Crippen molar-refractivity contribution < 1.29 is 13.5 Å². The van der Waals surface area contributed by atoms with Crippen molar-refractivity contribution >= 4 is 18.2 Å². The SMILES string of the molecule is Nc1nnc(/C=C/c2ccc(OCc3ccccc3F)cc2)o1. The fraction of sp³-hybridized carbons (Fsp3) is 0.0588. The van der Waals surface area contributed by atoms with Crippen LogP contribution in [0.1, 0.15) is 17.0 Å². The monoisotopic (exact) mass is 311 g/mol. The summed E-state index contributed by atoms with van der Waals surface area (Å²) < 4.78 is 24.1. The number of anilines is 1. The molecule has 0 saturated heterocycles. The molecule has 0 radical (unpaired) electrons. The molecule has 1 heterocycles. The average Bonchev–Trinajstić information content (AvgIpc) is 2.99. The molecule has 0 spiro atoms. The molecule has 5 nitrogen and oxygen atoms in total. The van der Waals surface area contributed by atoms with Gasteiger partial charge < -0.3 is 14.9 Å². The number of rotatable bonds is 5. The number of ether oxygens (including phenoxy) is 1. The summed E-state index contributed by atoms with van der Waals surface area (Å²) in [6.07, 6.45) is 3.48. The number of hydrogen-bond acceptors (Lipinski definition) is 5. The maximum Gasteiger partial charge on any atom is 0.313 e. The lowest BCUT2D eigenvalue weighted by atomic mass is 10.2. The first kappa shape index (κ1) is 14.8. The second-order valence-corrected chi connectivity index (χ2v) is 4.76. The van der Waals surface area contributed by atoms with E-state index in [1.165, 1.54) is 6.07 Å². The number of nitrogens with two attached hydrogens (primary N) is 1. The molecule has 6 heteroatoms. The Kier molecular flexibility index (Phi) is 4.33. The van der Waals surface area contributed by atoms with Crippen LogP contribution in [0, 0.1) is 5.82 Å². The summed E-state index contributed by atoms with van der Waals surface area (Å²) in [5.74, 6) is 0.723. The molecule has 23 heavy (non-hydrogen) atoms. The van der Waals surface area contributed by atoms with Crippen molar-refractivity contribution in [2.45, 2.75) is 6.61 Å². The second-order valence-electron chi connectivity index (χ2n) is 4.76. The van der Waals surface area contributed by atoms with Gasteiger partial charge in [-0.15, -0.1) is 5.10 Å². The minimum atomic E-state index is -0.272. The quantitative estimate of drug-likeness (QED) is 0.780. The maximum atomic E-state index is 13.5. The number of nitrogens with zero attached hydrogens (tertiary/aromatic N) is 2. The van der Waals surface area contributed by atoms with E-state index in [1.54, 1.807) is 24.3 Å². The van der Waals surface area contributed by atoms with Crippen LogP contribution in [0.3, 0.4) is 0 Å².